The number of amides is 1. The summed E-state index contributed by atoms with van der Waals surface area (Å²) in [5.41, 5.74) is 4.41. The summed E-state index contributed by atoms with van der Waals surface area (Å²) in [6.07, 6.45) is 1.68. The highest BCUT2D eigenvalue weighted by Gasteiger charge is 2.31. The third kappa shape index (κ3) is 2.94. The van der Waals surface area contributed by atoms with Crippen LogP contribution < -0.4 is 5.32 Å². The van der Waals surface area contributed by atoms with Crippen molar-refractivity contribution in [2.75, 3.05) is 7.11 Å². The molecule has 1 amide bonds. The lowest BCUT2D eigenvalue weighted by Gasteiger charge is -2.09. The molecule has 2 heterocycles. The number of hydrogen-bond donors (Lipinski definition) is 1. The van der Waals surface area contributed by atoms with Crippen molar-refractivity contribution in [2.24, 2.45) is 0 Å². The average Bonchev–Trinajstić information content (AvgIpc) is 3.04. The van der Waals surface area contributed by atoms with Crippen LogP contribution in [0.4, 0.5) is 4.39 Å². The van der Waals surface area contributed by atoms with E-state index < -0.39 is 5.97 Å². The van der Waals surface area contributed by atoms with Crippen molar-refractivity contribution < 1.29 is 18.7 Å². The minimum Gasteiger partial charge on any atom is -0.465 e. The van der Waals surface area contributed by atoms with Gasteiger partial charge in [-0.25, -0.2) is 9.18 Å². The van der Waals surface area contributed by atoms with Gasteiger partial charge in [-0.3, -0.25) is 4.79 Å². The summed E-state index contributed by atoms with van der Waals surface area (Å²) in [5.74, 6) is -1.20. The van der Waals surface area contributed by atoms with E-state index >= 15 is 0 Å². The van der Waals surface area contributed by atoms with Crippen LogP contribution in [0.3, 0.4) is 0 Å². The third-order valence-corrected chi connectivity index (χ3v) is 4.43. The lowest BCUT2D eigenvalue weighted by Crippen LogP contribution is -2.15. The van der Waals surface area contributed by atoms with Gasteiger partial charge in [-0.05, 0) is 62.7 Å². The predicted octanol–water partition coefficient (Wildman–Crippen LogP) is 3.19. The Bertz CT molecular complexity index is 966. The van der Waals surface area contributed by atoms with E-state index in [2.05, 4.69) is 5.32 Å². The molecule has 1 aliphatic rings. The monoisotopic (exact) mass is 354 g/mol. The first-order valence-electron chi connectivity index (χ1n) is 8.11. The molecule has 1 aromatic carbocycles. The van der Waals surface area contributed by atoms with Crippen molar-refractivity contribution in [3.8, 4) is 5.69 Å². The maximum atomic E-state index is 13.2. The van der Waals surface area contributed by atoms with E-state index in [0.29, 0.717) is 5.70 Å². The Morgan fingerprint density at radius 2 is 1.85 bits per heavy atom. The highest BCUT2D eigenvalue weighted by atomic mass is 19.1. The second-order valence-corrected chi connectivity index (χ2v) is 6.14. The van der Waals surface area contributed by atoms with Gasteiger partial charge in [0.05, 0.1) is 18.3 Å². The highest BCUT2D eigenvalue weighted by Crippen LogP contribution is 2.28. The van der Waals surface area contributed by atoms with Crippen LogP contribution in [-0.2, 0) is 14.3 Å². The fourth-order valence-electron chi connectivity index (χ4n) is 3.20. The standard InChI is InChI=1S/C20H19FN2O3/c1-11-9-14(13(3)23(11)16-7-5-15(21)6-8-16)10-17-18(20(25)26-4)12(2)22-19(17)24/h5-10H,1-4H3,(H,22,24). The molecule has 0 spiro atoms. The minimum absolute atomic E-state index is 0.240. The molecule has 1 N–H and O–H groups in total. The lowest BCUT2D eigenvalue weighted by molar-refractivity contribution is -0.136. The van der Waals surface area contributed by atoms with Crippen LogP contribution in [0, 0.1) is 19.7 Å². The molecule has 6 heteroatoms. The van der Waals surface area contributed by atoms with Crippen LogP contribution in [-0.4, -0.2) is 23.6 Å². The number of halogens is 1. The van der Waals surface area contributed by atoms with Gasteiger partial charge in [0.1, 0.15) is 5.82 Å². The molecule has 0 saturated carbocycles. The number of carbonyl (C=O) groups excluding carboxylic acids is 2. The van der Waals surface area contributed by atoms with E-state index in [-0.39, 0.29) is 22.9 Å². The Labute approximate surface area is 150 Å². The molecular formula is C20H19FN2O3. The number of aryl methyl sites for hydroxylation is 1. The van der Waals surface area contributed by atoms with Gasteiger partial charge in [0, 0.05) is 22.8 Å². The van der Waals surface area contributed by atoms with Gasteiger partial charge < -0.3 is 14.6 Å². The van der Waals surface area contributed by atoms with Gasteiger partial charge in [-0.15, -0.1) is 0 Å². The molecule has 0 fully saturated rings. The summed E-state index contributed by atoms with van der Waals surface area (Å²) in [5, 5.41) is 2.65. The zero-order chi connectivity index (χ0) is 19.0. The average molecular weight is 354 g/mol. The predicted molar refractivity (Wildman–Crippen MR) is 96.0 cm³/mol. The topological polar surface area (TPSA) is 60.3 Å². The number of carbonyl (C=O) groups is 2. The fourth-order valence-corrected chi connectivity index (χ4v) is 3.20. The number of ether oxygens (including phenoxy) is 1. The molecule has 0 aliphatic carbocycles. The Balaban J connectivity index is 2.10. The van der Waals surface area contributed by atoms with Crippen molar-refractivity contribution in [1.29, 1.82) is 0 Å². The first-order valence-corrected chi connectivity index (χ1v) is 8.11. The molecule has 0 unspecified atom stereocenters. The van der Waals surface area contributed by atoms with Crippen molar-refractivity contribution >= 4 is 18.0 Å². The quantitative estimate of drug-likeness (QED) is 0.680. The van der Waals surface area contributed by atoms with Crippen molar-refractivity contribution in [1.82, 2.24) is 9.88 Å². The molecule has 0 radical (unpaired) electrons. The number of allylic oxidation sites excluding steroid dienone is 1. The molecule has 0 atom stereocenters. The van der Waals surface area contributed by atoms with Crippen LogP contribution >= 0.6 is 0 Å². The van der Waals surface area contributed by atoms with E-state index in [1.807, 2.05) is 24.5 Å². The molecular weight excluding hydrogens is 335 g/mol. The van der Waals surface area contributed by atoms with Crippen molar-refractivity contribution in [2.45, 2.75) is 20.8 Å². The summed E-state index contributed by atoms with van der Waals surface area (Å²) in [7, 11) is 1.28. The maximum absolute atomic E-state index is 13.2. The Morgan fingerprint density at radius 1 is 1.19 bits per heavy atom. The molecule has 0 bridgehead atoms. The van der Waals surface area contributed by atoms with Gasteiger partial charge in [-0.1, -0.05) is 0 Å². The number of nitrogens with zero attached hydrogens (tertiary/aromatic N) is 1. The summed E-state index contributed by atoms with van der Waals surface area (Å²) >= 11 is 0. The Kier molecular flexibility index (Phi) is 4.50. The summed E-state index contributed by atoms with van der Waals surface area (Å²) in [4.78, 5) is 24.3. The van der Waals surface area contributed by atoms with Crippen LogP contribution in [0.1, 0.15) is 23.9 Å². The number of hydrogen-bond acceptors (Lipinski definition) is 3. The van der Waals surface area contributed by atoms with Crippen molar-refractivity contribution in [3.05, 3.63) is 69.9 Å². The molecule has 0 saturated heterocycles. The van der Waals surface area contributed by atoms with Crippen LogP contribution in [0.5, 0.6) is 0 Å². The zero-order valence-corrected chi connectivity index (χ0v) is 15.0. The molecule has 1 aliphatic heterocycles. The molecule has 5 nitrogen and oxygen atoms in total. The maximum Gasteiger partial charge on any atom is 0.340 e. The van der Waals surface area contributed by atoms with Crippen LogP contribution in [0.15, 0.2) is 47.2 Å². The number of aromatic nitrogens is 1. The molecule has 2 aromatic rings. The summed E-state index contributed by atoms with van der Waals surface area (Å²) < 4.78 is 20.0. The molecule has 26 heavy (non-hydrogen) atoms. The Hall–Kier alpha value is -3.15. The molecule has 134 valence electrons. The van der Waals surface area contributed by atoms with Crippen molar-refractivity contribution in [3.63, 3.8) is 0 Å². The van der Waals surface area contributed by atoms with E-state index in [0.717, 1.165) is 22.6 Å². The lowest BCUT2D eigenvalue weighted by atomic mass is 10.0. The van der Waals surface area contributed by atoms with Gasteiger partial charge >= 0.3 is 5.97 Å². The number of benzene rings is 1. The normalized spacial score (nSPS) is 15.6. The smallest absolute Gasteiger partial charge is 0.340 e. The SMILES string of the molecule is COC(=O)C1=C(C)NC(=O)C1=Cc1cc(C)n(-c2ccc(F)cc2)c1C. The number of nitrogens with one attached hydrogen (secondary N) is 1. The number of rotatable bonds is 3. The highest BCUT2D eigenvalue weighted by molar-refractivity contribution is 6.16. The van der Waals surface area contributed by atoms with Crippen LogP contribution in [0.2, 0.25) is 0 Å². The molecule has 3 rings (SSSR count). The Morgan fingerprint density at radius 3 is 2.46 bits per heavy atom. The fraction of sp³-hybridized carbons (Fsp3) is 0.200. The van der Waals surface area contributed by atoms with E-state index in [1.54, 1.807) is 25.1 Å². The van der Waals surface area contributed by atoms with Gasteiger partial charge in [0.15, 0.2) is 0 Å². The van der Waals surface area contributed by atoms with E-state index in [1.165, 1.54) is 19.2 Å². The minimum atomic E-state index is -0.556. The summed E-state index contributed by atoms with van der Waals surface area (Å²) in [6.45, 7) is 5.49. The number of esters is 1. The van der Waals surface area contributed by atoms with Crippen LogP contribution in [0.25, 0.3) is 11.8 Å². The van der Waals surface area contributed by atoms with Gasteiger partial charge in [0.2, 0.25) is 0 Å². The zero-order valence-electron chi connectivity index (χ0n) is 15.0. The third-order valence-electron chi connectivity index (χ3n) is 4.43. The second-order valence-electron chi connectivity index (χ2n) is 6.14. The second kappa shape index (κ2) is 6.63. The summed E-state index contributed by atoms with van der Waals surface area (Å²) in [6, 6.07) is 8.11. The first kappa shape index (κ1) is 17.7. The first-order chi connectivity index (χ1) is 12.3. The van der Waals surface area contributed by atoms with Gasteiger partial charge in [0.25, 0.3) is 5.91 Å². The van der Waals surface area contributed by atoms with E-state index in [9.17, 15) is 14.0 Å². The van der Waals surface area contributed by atoms with Gasteiger partial charge in [-0.2, -0.15) is 0 Å². The van der Waals surface area contributed by atoms with E-state index in [4.69, 9.17) is 4.74 Å². The largest absolute Gasteiger partial charge is 0.465 e. The molecule has 1 aromatic heterocycles. The number of methoxy groups -OCH3 is 1.